The number of hydrogen-bond donors (Lipinski definition) is 3. The van der Waals surface area contributed by atoms with Crippen molar-refractivity contribution in [3.05, 3.63) is 47.4 Å². The summed E-state index contributed by atoms with van der Waals surface area (Å²) in [6, 6.07) is 5.38. The van der Waals surface area contributed by atoms with Crippen LogP contribution in [0.5, 0.6) is 11.8 Å². The molecule has 9 rings (SSSR count). The fraction of sp³-hybridized carbons (Fsp3) is 0.441. The fourth-order valence-corrected chi connectivity index (χ4v) is 8.56. The van der Waals surface area contributed by atoms with Crippen LogP contribution in [0.4, 0.5) is 19.0 Å². The molecule has 3 unspecified atom stereocenters. The molecule has 3 atom stereocenters. The van der Waals surface area contributed by atoms with Gasteiger partial charge in [-0.2, -0.15) is 14.4 Å². The van der Waals surface area contributed by atoms with Crippen LogP contribution in [0, 0.1) is 29.9 Å². The van der Waals surface area contributed by atoms with E-state index < -0.39 is 37.4 Å². The second-order valence-corrected chi connectivity index (χ2v) is 14.6. The summed E-state index contributed by atoms with van der Waals surface area (Å²) in [5.41, 5.74) is -1.42. The van der Waals surface area contributed by atoms with Crippen LogP contribution in [-0.2, 0) is 9.09 Å². The van der Waals surface area contributed by atoms with Crippen LogP contribution in [0.3, 0.4) is 0 Å². The highest BCUT2D eigenvalue weighted by atomic mass is 31.2. The van der Waals surface area contributed by atoms with Crippen LogP contribution in [0.2, 0.25) is 0 Å². The average molecular weight is 711 g/mol. The number of rotatable bonds is 9. The number of halogens is 3. The minimum atomic E-state index is -4.94. The van der Waals surface area contributed by atoms with Gasteiger partial charge in [-0.15, -0.1) is 6.42 Å². The van der Waals surface area contributed by atoms with Gasteiger partial charge in [0.15, 0.2) is 5.82 Å². The molecule has 5 saturated heterocycles. The van der Waals surface area contributed by atoms with Gasteiger partial charge < -0.3 is 29.5 Å². The molecule has 50 heavy (non-hydrogen) atoms. The van der Waals surface area contributed by atoms with E-state index in [4.69, 9.17) is 15.9 Å². The first-order chi connectivity index (χ1) is 23.9. The molecule has 2 bridgehead atoms. The van der Waals surface area contributed by atoms with Crippen molar-refractivity contribution in [3.63, 3.8) is 0 Å². The molecule has 3 N–H and O–H groups in total. The zero-order valence-electron chi connectivity index (χ0n) is 27.0. The summed E-state index contributed by atoms with van der Waals surface area (Å²) in [6.45, 7) is 4.54. The Kier molecular flexibility index (Phi) is 8.17. The molecule has 2 aromatic carbocycles. The van der Waals surface area contributed by atoms with Gasteiger partial charge in [0, 0.05) is 36.1 Å². The maximum absolute atomic E-state index is 17.1. The number of piperazine rings is 1. The molecule has 16 heteroatoms. The van der Waals surface area contributed by atoms with Gasteiger partial charge in [-0.1, -0.05) is 12.0 Å². The third-order valence-corrected chi connectivity index (χ3v) is 10.8. The molecule has 5 aliphatic heterocycles. The summed E-state index contributed by atoms with van der Waals surface area (Å²) in [6.07, 6.45) is 9.23. The van der Waals surface area contributed by atoms with Crippen molar-refractivity contribution in [1.29, 1.82) is 0 Å². The van der Waals surface area contributed by atoms with Gasteiger partial charge in [-0.05, 0) is 75.7 Å². The maximum Gasteiger partial charge on any atom is 0.472 e. The molecule has 4 aromatic rings. The largest absolute Gasteiger partial charge is 0.472 e. The molecule has 5 fully saturated rings. The van der Waals surface area contributed by atoms with Gasteiger partial charge >= 0.3 is 13.8 Å². The highest BCUT2D eigenvalue weighted by molar-refractivity contribution is 7.46. The lowest BCUT2D eigenvalue weighted by Gasteiger charge is -2.48. The molecule has 0 radical (unpaired) electrons. The molecule has 262 valence electrons. The summed E-state index contributed by atoms with van der Waals surface area (Å²) in [7, 11) is -4.94. The smallest absolute Gasteiger partial charge is 0.465 e. The number of phosphoric acid groups is 1. The fourth-order valence-electron chi connectivity index (χ4n) is 8.13. The van der Waals surface area contributed by atoms with Crippen LogP contribution >= 0.6 is 7.82 Å². The number of aromatic nitrogens is 3. The van der Waals surface area contributed by atoms with E-state index in [1.54, 1.807) is 0 Å². The van der Waals surface area contributed by atoms with E-state index in [1.165, 1.54) is 25.1 Å². The molecule has 0 saturated carbocycles. The Labute approximate surface area is 285 Å². The van der Waals surface area contributed by atoms with Gasteiger partial charge in [0.25, 0.3) is 0 Å². The highest BCUT2D eigenvalue weighted by Gasteiger charge is 2.45. The van der Waals surface area contributed by atoms with Crippen LogP contribution in [0.1, 0.15) is 44.6 Å². The third-order valence-electron chi connectivity index (χ3n) is 10.2. The van der Waals surface area contributed by atoms with Crippen molar-refractivity contribution in [2.75, 3.05) is 37.7 Å². The molecule has 0 spiro atoms. The lowest BCUT2D eigenvalue weighted by atomic mass is 9.91. The highest BCUT2D eigenvalue weighted by Crippen LogP contribution is 2.43. The van der Waals surface area contributed by atoms with E-state index in [2.05, 4.69) is 35.6 Å². The molecule has 0 aliphatic carbocycles. The summed E-state index contributed by atoms with van der Waals surface area (Å²) in [5.74, 6) is -0.460. The van der Waals surface area contributed by atoms with Gasteiger partial charge in [-0.25, -0.2) is 22.9 Å². The van der Waals surface area contributed by atoms with E-state index in [0.717, 1.165) is 51.3 Å². The standard InChI is InChI=1S/C34H34F3N6O6P/c1-3-23-25(35)7-6-19-12-22(48-18(2)49-50(44,45)46)14-24(26(19)23)29-28(36)30-27(31(37)39-29)32(42-15-20-13-21(16-42)38-20)41-33(40-30)47-17-34-8-4-10-43(34)11-5-9-34/h1,6-7,12,14,18,20-21,38H,4-5,8-11,13,15-17H2,2H3,(H2,44,45,46). The van der Waals surface area contributed by atoms with Crippen LogP contribution in [0.25, 0.3) is 32.9 Å². The number of benzene rings is 2. The minimum absolute atomic E-state index is 0.0446. The first-order valence-corrected chi connectivity index (χ1v) is 18.0. The zero-order valence-corrected chi connectivity index (χ0v) is 27.9. The number of anilines is 1. The Morgan fingerprint density at radius 1 is 1.10 bits per heavy atom. The van der Waals surface area contributed by atoms with Gasteiger partial charge in [0.05, 0.1) is 11.1 Å². The SMILES string of the molecule is C#Cc1c(F)ccc2cc(OC(C)OP(=O)(O)O)cc(-c3nc(F)c4c(N5CC6CC(C5)N6)nc(OCC56CCCN5CCC6)nc4c3F)c12. The van der Waals surface area contributed by atoms with Gasteiger partial charge in [0.1, 0.15) is 40.6 Å². The zero-order chi connectivity index (χ0) is 34.9. The van der Waals surface area contributed by atoms with E-state index in [1.807, 2.05) is 4.90 Å². The number of pyridine rings is 1. The Bertz CT molecular complexity index is 2100. The topological polar surface area (TPSA) is 142 Å². The molecule has 0 amide bonds. The Hall–Kier alpha value is -4.03. The normalized spacial score (nSPS) is 22.0. The summed E-state index contributed by atoms with van der Waals surface area (Å²) < 4.78 is 76.4. The molecule has 12 nitrogen and oxygen atoms in total. The van der Waals surface area contributed by atoms with Gasteiger partial charge in [0.2, 0.25) is 12.2 Å². The number of piperidine rings is 1. The molecule has 7 heterocycles. The lowest BCUT2D eigenvalue weighted by Crippen LogP contribution is -2.67. The molecular formula is C34H34F3N6O6P. The first kappa shape index (κ1) is 33.1. The molecule has 2 aromatic heterocycles. The van der Waals surface area contributed by atoms with Crippen LogP contribution in [0.15, 0.2) is 24.3 Å². The van der Waals surface area contributed by atoms with E-state index in [9.17, 15) is 14.4 Å². The lowest BCUT2D eigenvalue weighted by molar-refractivity contribution is -0.000715. The predicted molar refractivity (Wildman–Crippen MR) is 177 cm³/mol. The number of terminal acetylenes is 1. The Morgan fingerprint density at radius 2 is 1.82 bits per heavy atom. The number of hydrogen-bond acceptors (Lipinski definition) is 10. The third kappa shape index (κ3) is 5.83. The second-order valence-electron chi connectivity index (χ2n) is 13.4. The second kappa shape index (κ2) is 12.3. The van der Waals surface area contributed by atoms with E-state index in [-0.39, 0.29) is 68.0 Å². The molecular weight excluding hydrogens is 676 g/mol. The van der Waals surface area contributed by atoms with Crippen molar-refractivity contribution in [3.8, 4) is 35.4 Å². The van der Waals surface area contributed by atoms with Crippen molar-refractivity contribution in [1.82, 2.24) is 25.2 Å². The number of nitrogens with zero attached hydrogens (tertiary/aromatic N) is 5. The summed E-state index contributed by atoms with van der Waals surface area (Å²) >= 11 is 0. The van der Waals surface area contributed by atoms with Crippen molar-refractivity contribution >= 4 is 35.3 Å². The quantitative estimate of drug-likeness (QED) is 0.0965. The number of ether oxygens (including phenoxy) is 2. The number of fused-ring (bicyclic) bond motifs is 5. The minimum Gasteiger partial charge on any atom is -0.465 e. The first-order valence-electron chi connectivity index (χ1n) is 16.5. The number of phosphoric ester groups is 1. The predicted octanol–water partition coefficient (Wildman–Crippen LogP) is 4.64. The summed E-state index contributed by atoms with van der Waals surface area (Å²) in [5, 5.41) is 3.52. The van der Waals surface area contributed by atoms with Crippen molar-refractivity contribution in [2.24, 2.45) is 0 Å². The van der Waals surface area contributed by atoms with E-state index in [0.29, 0.717) is 19.7 Å². The number of nitrogens with one attached hydrogen (secondary N) is 1. The Balaban J connectivity index is 1.29. The van der Waals surface area contributed by atoms with Gasteiger partial charge in [-0.3, -0.25) is 4.90 Å². The van der Waals surface area contributed by atoms with Crippen molar-refractivity contribution < 1.29 is 41.5 Å². The Morgan fingerprint density at radius 3 is 2.50 bits per heavy atom. The summed E-state index contributed by atoms with van der Waals surface area (Å²) in [4.78, 5) is 35.9. The van der Waals surface area contributed by atoms with Crippen LogP contribution < -0.4 is 19.7 Å². The van der Waals surface area contributed by atoms with E-state index >= 15 is 13.2 Å². The molecule has 5 aliphatic rings. The van der Waals surface area contributed by atoms with Crippen LogP contribution in [-0.4, -0.2) is 86.3 Å². The van der Waals surface area contributed by atoms with Crippen molar-refractivity contribution in [2.45, 2.75) is 62.9 Å². The monoisotopic (exact) mass is 710 g/mol. The maximum atomic E-state index is 17.1. The average Bonchev–Trinajstić information content (AvgIpc) is 3.64.